The third kappa shape index (κ3) is 6.46. The summed E-state index contributed by atoms with van der Waals surface area (Å²) < 4.78 is 22.0. The van der Waals surface area contributed by atoms with E-state index in [0.717, 1.165) is 31.6 Å². The fraction of sp³-hybridized carbons (Fsp3) is 0.394. The molecule has 2 amide bonds. The van der Waals surface area contributed by atoms with Gasteiger partial charge in [0.25, 0.3) is 5.91 Å². The van der Waals surface area contributed by atoms with Gasteiger partial charge >= 0.3 is 0 Å². The molecular formula is C33H41N3O6. The molecule has 1 N–H and O–H groups in total. The Kier molecular flexibility index (Phi) is 10.3. The molecule has 0 unspecified atom stereocenters. The van der Waals surface area contributed by atoms with Gasteiger partial charge in [-0.2, -0.15) is 0 Å². The Hall–Kier alpha value is -4.24. The quantitative estimate of drug-likeness (QED) is 0.297. The monoisotopic (exact) mass is 575 g/mol. The van der Waals surface area contributed by atoms with Gasteiger partial charge in [0.15, 0.2) is 23.0 Å². The van der Waals surface area contributed by atoms with Crippen LogP contribution in [0.4, 0.5) is 0 Å². The number of rotatable bonds is 13. The van der Waals surface area contributed by atoms with Crippen molar-refractivity contribution in [1.82, 2.24) is 15.1 Å². The molecule has 0 bridgehead atoms. The number of nitrogens with zero attached hydrogens (tertiary/aromatic N) is 2. The van der Waals surface area contributed by atoms with Gasteiger partial charge in [-0.3, -0.25) is 14.5 Å². The van der Waals surface area contributed by atoms with Crippen molar-refractivity contribution in [2.24, 2.45) is 0 Å². The first kappa shape index (κ1) is 30.7. The van der Waals surface area contributed by atoms with E-state index in [0.29, 0.717) is 40.7 Å². The highest BCUT2D eigenvalue weighted by molar-refractivity contribution is 6.02. The molecule has 0 saturated carbocycles. The number of fused-ring (bicyclic) bond motifs is 1. The molecule has 0 aliphatic carbocycles. The lowest BCUT2D eigenvalue weighted by Gasteiger charge is -2.40. The molecule has 2 atom stereocenters. The first-order chi connectivity index (χ1) is 20.4. The molecule has 3 aromatic rings. The summed E-state index contributed by atoms with van der Waals surface area (Å²) in [6.45, 7) is 5.25. The molecule has 0 radical (unpaired) electrons. The molecule has 224 valence electrons. The lowest BCUT2D eigenvalue weighted by molar-refractivity contribution is -0.124. The van der Waals surface area contributed by atoms with Gasteiger partial charge in [-0.1, -0.05) is 43.3 Å². The minimum atomic E-state index is -0.702. The minimum absolute atomic E-state index is 0.172. The average molecular weight is 576 g/mol. The Labute approximate surface area is 248 Å². The predicted octanol–water partition coefficient (Wildman–Crippen LogP) is 4.66. The van der Waals surface area contributed by atoms with Crippen molar-refractivity contribution < 1.29 is 28.5 Å². The fourth-order valence-electron chi connectivity index (χ4n) is 5.60. The van der Waals surface area contributed by atoms with Crippen LogP contribution in [0, 0.1) is 0 Å². The van der Waals surface area contributed by atoms with Gasteiger partial charge in [-0.15, -0.1) is 0 Å². The van der Waals surface area contributed by atoms with E-state index in [4.69, 9.17) is 18.9 Å². The van der Waals surface area contributed by atoms with Crippen molar-refractivity contribution in [3.63, 3.8) is 0 Å². The van der Waals surface area contributed by atoms with Gasteiger partial charge in [0.05, 0.1) is 40.4 Å². The second-order valence-corrected chi connectivity index (χ2v) is 10.2. The van der Waals surface area contributed by atoms with Crippen LogP contribution in [-0.4, -0.2) is 76.7 Å². The van der Waals surface area contributed by atoms with Gasteiger partial charge < -0.3 is 29.2 Å². The Morgan fingerprint density at radius 3 is 2.17 bits per heavy atom. The summed E-state index contributed by atoms with van der Waals surface area (Å²) in [6, 6.07) is 18.7. The van der Waals surface area contributed by atoms with E-state index < -0.39 is 12.0 Å². The summed E-state index contributed by atoms with van der Waals surface area (Å²) >= 11 is 0. The van der Waals surface area contributed by atoms with E-state index in [9.17, 15) is 9.59 Å². The van der Waals surface area contributed by atoms with Crippen molar-refractivity contribution in [1.29, 1.82) is 0 Å². The summed E-state index contributed by atoms with van der Waals surface area (Å²) in [7, 11) is 7.91. The molecule has 1 heterocycles. The third-order valence-electron chi connectivity index (χ3n) is 7.85. The molecule has 0 saturated heterocycles. The molecule has 1 aliphatic rings. The minimum Gasteiger partial charge on any atom is -0.493 e. The van der Waals surface area contributed by atoms with Crippen LogP contribution in [0.15, 0.2) is 60.7 Å². The van der Waals surface area contributed by atoms with E-state index in [1.807, 2.05) is 30.3 Å². The molecule has 9 heteroatoms. The summed E-state index contributed by atoms with van der Waals surface area (Å²) in [6.07, 6.45) is 0.785. The number of methoxy groups -OCH3 is 4. The van der Waals surface area contributed by atoms with Crippen LogP contribution in [0.1, 0.15) is 52.4 Å². The van der Waals surface area contributed by atoms with Crippen molar-refractivity contribution in [3.05, 3.63) is 82.9 Å². The molecule has 1 aliphatic heterocycles. The Morgan fingerprint density at radius 2 is 1.52 bits per heavy atom. The van der Waals surface area contributed by atoms with Crippen LogP contribution in [0.3, 0.4) is 0 Å². The standard InChI is InChI=1S/C33H41N3O6/c1-7-36(21-22-12-9-8-10-13-22)17-11-16-34-32(37)30-24-19-28(41-5)29(42-6)20-25(24)33(38)35(2)31(30)23-14-15-26(39-3)27(18-23)40-4/h8-10,12-15,18-20,30-31H,7,11,16-17,21H2,1-6H3,(H,34,37)/t30-,31-/m1/s1. The van der Waals surface area contributed by atoms with Crippen molar-refractivity contribution in [2.45, 2.75) is 31.8 Å². The van der Waals surface area contributed by atoms with Crippen LogP contribution in [-0.2, 0) is 11.3 Å². The lowest BCUT2D eigenvalue weighted by Crippen LogP contribution is -2.46. The normalized spacial score (nSPS) is 16.2. The van der Waals surface area contributed by atoms with Crippen LogP contribution in [0.5, 0.6) is 23.0 Å². The van der Waals surface area contributed by atoms with Gasteiger partial charge in [-0.05, 0) is 53.9 Å². The number of carbonyl (C=O) groups excluding carboxylic acids is 2. The number of hydrogen-bond donors (Lipinski definition) is 1. The Balaban J connectivity index is 1.62. The molecule has 0 aromatic heterocycles. The largest absolute Gasteiger partial charge is 0.493 e. The van der Waals surface area contributed by atoms with E-state index in [1.54, 1.807) is 44.4 Å². The second-order valence-electron chi connectivity index (χ2n) is 10.2. The summed E-state index contributed by atoms with van der Waals surface area (Å²) in [5.41, 5.74) is 3.01. The first-order valence-electron chi connectivity index (χ1n) is 14.2. The number of carbonyl (C=O) groups is 2. The van der Waals surface area contributed by atoms with Crippen molar-refractivity contribution >= 4 is 11.8 Å². The maximum atomic E-state index is 14.0. The molecule has 42 heavy (non-hydrogen) atoms. The van der Waals surface area contributed by atoms with Gasteiger partial charge in [0.2, 0.25) is 5.91 Å². The highest BCUT2D eigenvalue weighted by Crippen LogP contribution is 2.46. The zero-order valence-corrected chi connectivity index (χ0v) is 25.3. The highest BCUT2D eigenvalue weighted by Gasteiger charge is 2.43. The van der Waals surface area contributed by atoms with E-state index >= 15 is 0 Å². The SMILES string of the molecule is CCN(CCCNC(=O)[C@@H]1c2cc(OC)c(OC)cc2C(=O)N(C)[C@@H]1c1ccc(OC)c(OC)c1)Cc1ccccc1. The van der Waals surface area contributed by atoms with Crippen LogP contribution >= 0.6 is 0 Å². The predicted molar refractivity (Wildman–Crippen MR) is 162 cm³/mol. The number of benzene rings is 3. The number of amides is 2. The molecular weight excluding hydrogens is 534 g/mol. The summed E-state index contributed by atoms with van der Waals surface area (Å²) in [4.78, 5) is 31.7. The van der Waals surface area contributed by atoms with E-state index in [-0.39, 0.29) is 11.8 Å². The molecule has 4 rings (SSSR count). The maximum Gasteiger partial charge on any atom is 0.254 e. The maximum absolute atomic E-state index is 14.0. The zero-order valence-electron chi connectivity index (χ0n) is 25.3. The van der Waals surface area contributed by atoms with Gasteiger partial charge in [-0.25, -0.2) is 0 Å². The topological polar surface area (TPSA) is 89.6 Å². The second kappa shape index (κ2) is 14.1. The van der Waals surface area contributed by atoms with Crippen LogP contribution in [0.2, 0.25) is 0 Å². The highest BCUT2D eigenvalue weighted by atomic mass is 16.5. The number of ether oxygens (including phenoxy) is 4. The van der Waals surface area contributed by atoms with E-state index in [2.05, 4.69) is 29.3 Å². The summed E-state index contributed by atoms with van der Waals surface area (Å²) in [5.74, 6) is 0.882. The number of hydrogen-bond acceptors (Lipinski definition) is 7. The molecule has 0 spiro atoms. The summed E-state index contributed by atoms with van der Waals surface area (Å²) in [5, 5.41) is 3.16. The van der Waals surface area contributed by atoms with Crippen molar-refractivity contribution in [3.8, 4) is 23.0 Å². The molecule has 3 aromatic carbocycles. The van der Waals surface area contributed by atoms with Gasteiger partial charge in [0.1, 0.15) is 0 Å². The first-order valence-corrected chi connectivity index (χ1v) is 14.2. The van der Waals surface area contributed by atoms with Crippen molar-refractivity contribution in [2.75, 3.05) is 55.1 Å². The molecule has 9 nitrogen and oxygen atoms in total. The smallest absolute Gasteiger partial charge is 0.254 e. The Bertz CT molecular complexity index is 1380. The van der Waals surface area contributed by atoms with Crippen LogP contribution < -0.4 is 24.3 Å². The van der Waals surface area contributed by atoms with Gasteiger partial charge in [0, 0.05) is 32.2 Å². The fourth-order valence-corrected chi connectivity index (χ4v) is 5.60. The van der Waals surface area contributed by atoms with Crippen LogP contribution in [0.25, 0.3) is 0 Å². The lowest BCUT2D eigenvalue weighted by atomic mass is 9.79. The number of likely N-dealkylation sites (N-methyl/N-ethyl adjacent to an activating group) is 1. The number of nitrogens with one attached hydrogen (secondary N) is 1. The van der Waals surface area contributed by atoms with E-state index in [1.165, 1.54) is 19.8 Å². The molecule has 0 fully saturated rings. The average Bonchev–Trinajstić information content (AvgIpc) is 3.03. The third-order valence-corrected chi connectivity index (χ3v) is 7.85. The Morgan fingerprint density at radius 1 is 0.881 bits per heavy atom. The zero-order chi connectivity index (χ0) is 30.2.